The average Bonchev–Trinajstić information content (AvgIpc) is 2.53. The van der Waals surface area contributed by atoms with Gasteiger partial charge >= 0.3 is 0 Å². The fourth-order valence-corrected chi connectivity index (χ4v) is 1.49. The first-order chi connectivity index (χ1) is 6.18. The molecule has 0 spiro atoms. The molecule has 0 unspecified atom stereocenters. The summed E-state index contributed by atoms with van der Waals surface area (Å²) in [7, 11) is 0. The van der Waals surface area contributed by atoms with Crippen LogP contribution in [0.2, 0.25) is 0 Å². The third kappa shape index (κ3) is 3.85. The lowest BCUT2D eigenvalue weighted by Gasteiger charge is -2.00. The van der Waals surface area contributed by atoms with Gasteiger partial charge in [0, 0.05) is 0 Å². The number of rotatable bonds is 4. The summed E-state index contributed by atoms with van der Waals surface area (Å²) < 4.78 is 0.799. The maximum absolute atomic E-state index is 11.1. The van der Waals surface area contributed by atoms with E-state index in [2.05, 4.69) is 0 Å². The van der Waals surface area contributed by atoms with E-state index in [-0.39, 0.29) is 12.3 Å². The molecule has 70 valence electrons. The second-order valence-corrected chi connectivity index (χ2v) is 3.72. The van der Waals surface area contributed by atoms with E-state index < -0.39 is 0 Å². The molecule has 1 rings (SSSR count). The average molecular weight is 197 g/mol. The third-order valence-corrected chi connectivity index (χ3v) is 2.31. The van der Waals surface area contributed by atoms with Gasteiger partial charge in [0.05, 0.1) is 11.3 Å². The minimum atomic E-state index is 0.0421. The lowest BCUT2D eigenvalue weighted by Crippen LogP contribution is -2.09. The number of Topliss-reactive ketones (excluding diaryl/α,β-unsaturated/α-hetero) is 1. The van der Waals surface area contributed by atoms with Crippen LogP contribution >= 0.6 is 11.3 Å². The van der Waals surface area contributed by atoms with Crippen LogP contribution in [0.4, 0.5) is 0 Å². The maximum Gasteiger partial charge on any atom is 0.191 e. The number of hydroxylamine groups is 1. The fraction of sp³-hybridized carbons (Fsp3) is 0.333. The van der Waals surface area contributed by atoms with Crippen molar-refractivity contribution >= 4 is 23.3 Å². The van der Waals surface area contributed by atoms with Crippen LogP contribution in [0.1, 0.15) is 18.2 Å². The van der Waals surface area contributed by atoms with E-state index in [0.29, 0.717) is 6.42 Å². The zero-order valence-corrected chi connectivity index (χ0v) is 8.21. The highest BCUT2D eigenvalue weighted by atomic mass is 32.1. The molecule has 13 heavy (non-hydrogen) atoms. The molecule has 3 nitrogen and oxygen atoms in total. The van der Waals surface area contributed by atoms with Gasteiger partial charge in [0.15, 0.2) is 12.8 Å². The third-order valence-electron chi connectivity index (χ3n) is 1.50. The Hall–Kier alpha value is -1.16. The van der Waals surface area contributed by atoms with Gasteiger partial charge in [0.1, 0.15) is 5.78 Å². The molecule has 0 aliphatic rings. The molecule has 1 aromatic rings. The number of hydrogen-bond acceptors (Lipinski definition) is 3. The number of thiophene rings is 1. The Morgan fingerprint density at radius 2 is 2.54 bits per heavy atom. The van der Waals surface area contributed by atoms with Gasteiger partial charge in [-0.1, -0.05) is 6.07 Å². The number of carbonyl (C=O) groups is 1. The van der Waals surface area contributed by atoms with Crippen LogP contribution in [-0.4, -0.2) is 23.3 Å². The van der Waals surface area contributed by atoms with Gasteiger partial charge in [0.2, 0.25) is 0 Å². The quantitative estimate of drug-likeness (QED) is 0.319. The Morgan fingerprint density at radius 3 is 3.08 bits per heavy atom. The minimum Gasteiger partial charge on any atom is -0.624 e. The Balaban J connectivity index is 2.47. The normalized spacial score (nSPS) is 11.6. The summed E-state index contributed by atoms with van der Waals surface area (Å²) in [5.74, 6) is 0.0421. The van der Waals surface area contributed by atoms with Crippen LogP contribution in [0.15, 0.2) is 17.5 Å². The summed E-state index contributed by atoms with van der Waals surface area (Å²) in [6.45, 7) is 1.73. The Morgan fingerprint density at radius 1 is 1.77 bits per heavy atom. The summed E-state index contributed by atoms with van der Waals surface area (Å²) in [5, 5.41) is 13.0. The first kappa shape index (κ1) is 9.92. The van der Waals surface area contributed by atoms with E-state index in [9.17, 15) is 10.0 Å². The summed E-state index contributed by atoms with van der Waals surface area (Å²) in [6, 6.07) is 3.75. The molecule has 1 aromatic heterocycles. The second kappa shape index (κ2) is 4.77. The Bertz CT molecular complexity index is 303. The van der Waals surface area contributed by atoms with E-state index in [0.717, 1.165) is 9.62 Å². The van der Waals surface area contributed by atoms with E-state index in [1.54, 1.807) is 0 Å². The molecule has 0 N–H and O–H groups in total. The van der Waals surface area contributed by atoms with Gasteiger partial charge in [0.25, 0.3) is 0 Å². The minimum absolute atomic E-state index is 0.0421. The van der Waals surface area contributed by atoms with Crippen LogP contribution in [-0.2, 0) is 4.79 Å². The van der Waals surface area contributed by atoms with Crippen molar-refractivity contribution in [3.63, 3.8) is 0 Å². The molecule has 0 fully saturated rings. The predicted molar refractivity (Wildman–Crippen MR) is 53.3 cm³/mol. The standard InChI is InChI=1S/C9H11NO2S/c1-8(11)4-5-10(12)7-9-3-2-6-13-9/h2-3,6-7H,4-5H2,1H3/b10-7-. The van der Waals surface area contributed by atoms with Crippen molar-refractivity contribution in [1.82, 2.24) is 0 Å². The lowest BCUT2D eigenvalue weighted by molar-refractivity contribution is -0.450. The van der Waals surface area contributed by atoms with Gasteiger partial charge in [-0.2, -0.15) is 0 Å². The Kier molecular flexibility index (Phi) is 3.64. The second-order valence-electron chi connectivity index (χ2n) is 2.74. The van der Waals surface area contributed by atoms with Crippen molar-refractivity contribution in [2.75, 3.05) is 6.54 Å². The van der Waals surface area contributed by atoms with E-state index in [1.165, 1.54) is 24.5 Å². The van der Waals surface area contributed by atoms with E-state index in [4.69, 9.17) is 0 Å². The van der Waals surface area contributed by atoms with Gasteiger partial charge in [-0.25, -0.2) is 4.74 Å². The zero-order valence-electron chi connectivity index (χ0n) is 7.40. The van der Waals surface area contributed by atoms with Gasteiger partial charge < -0.3 is 5.21 Å². The van der Waals surface area contributed by atoms with Crippen molar-refractivity contribution in [2.24, 2.45) is 0 Å². The molecule has 0 aliphatic heterocycles. The highest BCUT2D eigenvalue weighted by Gasteiger charge is 1.99. The largest absolute Gasteiger partial charge is 0.624 e. The number of nitrogens with zero attached hydrogens (tertiary/aromatic N) is 1. The van der Waals surface area contributed by atoms with Crippen LogP contribution in [0.5, 0.6) is 0 Å². The SMILES string of the molecule is CC(=O)CC/[N+]([O-])=C/c1cccs1. The number of ketones is 1. The number of carbonyl (C=O) groups excluding carboxylic acids is 1. The summed E-state index contributed by atoms with van der Waals surface area (Å²) in [4.78, 5) is 11.5. The van der Waals surface area contributed by atoms with Crippen molar-refractivity contribution < 1.29 is 9.53 Å². The zero-order chi connectivity index (χ0) is 9.68. The molecule has 1 heterocycles. The molecule has 0 aliphatic carbocycles. The smallest absolute Gasteiger partial charge is 0.191 e. The first-order valence-electron chi connectivity index (χ1n) is 4.00. The summed E-state index contributed by atoms with van der Waals surface area (Å²) in [6.07, 6.45) is 1.82. The lowest BCUT2D eigenvalue weighted by atomic mass is 10.3. The molecular formula is C9H11NO2S. The molecule has 0 saturated carbocycles. The molecule has 0 bridgehead atoms. The van der Waals surface area contributed by atoms with E-state index >= 15 is 0 Å². The maximum atomic E-state index is 11.1. The molecule has 0 amide bonds. The van der Waals surface area contributed by atoms with Gasteiger partial charge in [-0.15, -0.1) is 11.3 Å². The van der Waals surface area contributed by atoms with E-state index in [1.807, 2.05) is 17.5 Å². The fourth-order valence-electron chi connectivity index (χ4n) is 0.839. The highest BCUT2D eigenvalue weighted by Crippen LogP contribution is 2.04. The van der Waals surface area contributed by atoms with Crippen LogP contribution in [0.25, 0.3) is 0 Å². The van der Waals surface area contributed by atoms with Gasteiger partial charge in [-0.3, -0.25) is 4.79 Å². The monoisotopic (exact) mass is 197 g/mol. The number of hydrogen-bond donors (Lipinski definition) is 0. The summed E-state index contributed by atoms with van der Waals surface area (Å²) in [5.41, 5.74) is 0. The first-order valence-corrected chi connectivity index (χ1v) is 4.88. The molecule has 0 radical (unpaired) electrons. The topological polar surface area (TPSA) is 43.1 Å². The van der Waals surface area contributed by atoms with Crippen LogP contribution in [0.3, 0.4) is 0 Å². The van der Waals surface area contributed by atoms with Crippen molar-refractivity contribution in [3.8, 4) is 0 Å². The highest BCUT2D eigenvalue weighted by molar-refractivity contribution is 7.11. The molecule has 0 aromatic carbocycles. The van der Waals surface area contributed by atoms with Crippen molar-refractivity contribution in [2.45, 2.75) is 13.3 Å². The molecular weight excluding hydrogens is 186 g/mol. The molecule has 0 atom stereocenters. The molecule has 4 heteroatoms. The summed E-state index contributed by atoms with van der Waals surface area (Å²) >= 11 is 1.50. The predicted octanol–water partition coefficient (Wildman–Crippen LogP) is 1.66. The van der Waals surface area contributed by atoms with Crippen molar-refractivity contribution in [1.29, 1.82) is 0 Å². The van der Waals surface area contributed by atoms with Crippen LogP contribution in [0, 0.1) is 5.21 Å². The Labute approximate surface area is 80.9 Å². The van der Waals surface area contributed by atoms with Crippen molar-refractivity contribution in [3.05, 3.63) is 27.6 Å². The van der Waals surface area contributed by atoms with Crippen LogP contribution < -0.4 is 0 Å². The van der Waals surface area contributed by atoms with Gasteiger partial charge in [-0.05, 0) is 18.4 Å². The molecule has 0 saturated heterocycles.